The number of rotatable bonds is 4. The first kappa shape index (κ1) is 11.2. The molecule has 1 aliphatic rings. The third-order valence-corrected chi connectivity index (χ3v) is 2.50. The van der Waals surface area contributed by atoms with Crippen LogP contribution in [-0.2, 0) is 22.6 Å². The molecule has 1 aliphatic heterocycles. The van der Waals surface area contributed by atoms with Gasteiger partial charge in [-0.15, -0.1) is 0 Å². The van der Waals surface area contributed by atoms with Crippen LogP contribution in [0.4, 0.5) is 0 Å². The van der Waals surface area contributed by atoms with Crippen molar-refractivity contribution in [3.63, 3.8) is 0 Å². The number of hydrogen-bond acceptors (Lipinski definition) is 4. The van der Waals surface area contributed by atoms with Crippen molar-refractivity contribution in [1.82, 2.24) is 10.2 Å². The summed E-state index contributed by atoms with van der Waals surface area (Å²) < 4.78 is 10.6. The molecule has 2 rings (SSSR count). The van der Waals surface area contributed by atoms with Gasteiger partial charge < -0.3 is 19.4 Å². The van der Waals surface area contributed by atoms with Crippen molar-refractivity contribution in [3.05, 3.63) is 23.7 Å². The van der Waals surface area contributed by atoms with Gasteiger partial charge in [0.05, 0.1) is 19.7 Å². The Morgan fingerprint density at radius 3 is 3.00 bits per heavy atom. The third-order valence-electron chi connectivity index (χ3n) is 2.50. The van der Waals surface area contributed by atoms with Gasteiger partial charge in [-0.3, -0.25) is 4.79 Å². The monoisotopic (exact) mass is 224 g/mol. The summed E-state index contributed by atoms with van der Waals surface area (Å²) in [4.78, 5) is 13.2. The first-order chi connectivity index (χ1) is 7.79. The summed E-state index contributed by atoms with van der Waals surface area (Å²) in [6, 6.07) is 3.84. The molecule has 1 saturated heterocycles. The van der Waals surface area contributed by atoms with Crippen molar-refractivity contribution in [1.29, 1.82) is 0 Å². The Labute approximate surface area is 94.4 Å². The molecule has 88 valence electrons. The Bertz CT molecular complexity index is 362. The lowest BCUT2D eigenvalue weighted by atomic mass is 10.3. The van der Waals surface area contributed by atoms with E-state index in [-0.39, 0.29) is 12.5 Å². The van der Waals surface area contributed by atoms with Crippen molar-refractivity contribution in [2.24, 2.45) is 0 Å². The zero-order valence-corrected chi connectivity index (χ0v) is 9.36. The Balaban J connectivity index is 1.94. The van der Waals surface area contributed by atoms with E-state index in [0.29, 0.717) is 26.2 Å². The van der Waals surface area contributed by atoms with Gasteiger partial charge >= 0.3 is 0 Å². The largest absolute Gasteiger partial charge is 0.463 e. The molecule has 0 saturated carbocycles. The molecule has 1 N–H and O–H groups in total. The molecule has 1 aromatic rings. The lowest BCUT2D eigenvalue weighted by molar-refractivity contribution is -0.143. The molecule has 5 heteroatoms. The van der Waals surface area contributed by atoms with Crippen molar-refractivity contribution in [2.75, 3.05) is 26.8 Å². The normalized spacial score (nSPS) is 16.8. The van der Waals surface area contributed by atoms with Gasteiger partial charge in [-0.25, -0.2) is 0 Å². The fraction of sp³-hybridized carbons (Fsp3) is 0.545. The second-order valence-corrected chi connectivity index (χ2v) is 3.77. The number of furan rings is 1. The van der Waals surface area contributed by atoms with Gasteiger partial charge in [0, 0.05) is 6.54 Å². The molecule has 5 nitrogen and oxygen atoms in total. The van der Waals surface area contributed by atoms with Gasteiger partial charge in [-0.1, -0.05) is 0 Å². The van der Waals surface area contributed by atoms with Crippen molar-refractivity contribution >= 4 is 5.91 Å². The van der Waals surface area contributed by atoms with E-state index in [9.17, 15) is 4.79 Å². The molecular formula is C11H16N2O3. The molecular weight excluding hydrogens is 208 g/mol. The molecule has 0 atom stereocenters. The molecule has 2 heterocycles. The predicted molar refractivity (Wildman–Crippen MR) is 57.7 cm³/mol. The van der Waals surface area contributed by atoms with E-state index in [1.807, 2.05) is 19.2 Å². The van der Waals surface area contributed by atoms with Crippen LogP contribution < -0.4 is 5.32 Å². The zero-order valence-electron chi connectivity index (χ0n) is 9.36. The van der Waals surface area contributed by atoms with E-state index in [1.165, 1.54) is 0 Å². The van der Waals surface area contributed by atoms with Crippen LogP contribution in [-0.4, -0.2) is 37.6 Å². The standard InChI is InChI=1S/C11H16N2O3/c1-12-6-9-2-3-10(16-9)7-13-4-5-15-8-11(13)14/h2-3,12H,4-8H2,1H3. The number of morpholine rings is 1. The Kier molecular flexibility index (Phi) is 3.58. The van der Waals surface area contributed by atoms with Crippen LogP contribution in [0.25, 0.3) is 0 Å². The maximum absolute atomic E-state index is 11.5. The van der Waals surface area contributed by atoms with E-state index < -0.39 is 0 Å². The fourth-order valence-electron chi connectivity index (χ4n) is 1.68. The van der Waals surface area contributed by atoms with Gasteiger partial charge in [0.15, 0.2) is 0 Å². The highest BCUT2D eigenvalue weighted by molar-refractivity contribution is 5.77. The SMILES string of the molecule is CNCc1ccc(CN2CCOCC2=O)o1. The average Bonchev–Trinajstić information content (AvgIpc) is 2.70. The van der Waals surface area contributed by atoms with Crippen LogP contribution >= 0.6 is 0 Å². The van der Waals surface area contributed by atoms with Gasteiger partial charge in [0.25, 0.3) is 0 Å². The fourth-order valence-corrected chi connectivity index (χ4v) is 1.68. The highest BCUT2D eigenvalue weighted by atomic mass is 16.5. The summed E-state index contributed by atoms with van der Waals surface area (Å²) in [5, 5.41) is 3.02. The van der Waals surface area contributed by atoms with E-state index in [4.69, 9.17) is 9.15 Å². The molecule has 0 spiro atoms. The van der Waals surface area contributed by atoms with Gasteiger partial charge in [-0.2, -0.15) is 0 Å². The highest BCUT2D eigenvalue weighted by Gasteiger charge is 2.19. The first-order valence-electron chi connectivity index (χ1n) is 5.37. The van der Waals surface area contributed by atoms with E-state index in [0.717, 1.165) is 11.5 Å². The predicted octanol–water partition coefficient (Wildman–Crippen LogP) is 0.358. The topological polar surface area (TPSA) is 54.7 Å². The first-order valence-corrected chi connectivity index (χ1v) is 5.37. The lowest BCUT2D eigenvalue weighted by Crippen LogP contribution is -2.40. The lowest BCUT2D eigenvalue weighted by Gasteiger charge is -2.25. The molecule has 0 unspecified atom stereocenters. The molecule has 0 bridgehead atoms. The molecule has 1 amide bonds. The second-order valence-electron chi connectivity index (χ2n) is 3.77. The summed E-state index contributed by atoms with van der Waals surface area (Å²) >= 11 is 0. The number of nitrogens with one attached hydrogen (secondary N) is 1. The van der Waals surface area contributed by atoms with Gasteiger partial charge in [0.1, 0.15) is 18.1 Å². The summed E-state index contributed by atoms with van der Waals surface area (Å²) in [6.45, 7) is 2.67. The molecule has 0 aromatic carbocycles. The van der Waals surface area contributed by atoms with Crippen LogP contribution in [0.15, 0.2) is 16.5 Å². The summed E-state index contributed by atoms with van der Waals surface area (Å²) in [6.07, 6.45) is 0. The quantitative estimate of drug-likeness (QED) is 0.802. The smallest absolute Gasteiger partial charge is 0.249 e. The Morgan fingerprint density at radius 1 is 1.44 bits per heavy atom. The minimum absolute atomic E-state index is 0.0258. The second kappa shape index (κ2) is 5.14. The van der Waals surface area contributed by atoms with Crippen LogP contribution in [0, 0.1) is 0 Å². The molecule has 16 heavy (non-hydrogen) atoms. The van der Waals surface area contributed by atoms with Crippen LogP contribution in [0.2, 0.25) is 0 Å². The minimum Gasteiger partial charge on any atom is -0.463 e. The number of amides is 1. The number of carbonyl (C=O) groups excluding carboxylic acids is 1. The van der Waals surface area contributed by atoms with Gasteiger partial charge in [-0.05, 0) is 19.2 Å². The maximum atomic E-state index is 11.5. The Hall–Kier alpha value is -1.33. The molecule has 0 radical (unpaired) electrons. The summed E-state index contributed by atoms with van der Waals surface area (Å²) in [5.74, 6) is 1.73. The van der Waals surface area contributed by atoms with Crippen LogP contribution in [0.5, 0.6) is 0 Å². The third kappa shape index (κ3) is 2.62. The zero-order chi connectivity index (χ0) is 11.4. The number of hydrogen-bond donors (Lipinski definition) is 1. The van der Waals surface area contributed by atoms with Crippen LogP contribution in [0.3, 0.4) is 0 Å². The van der Waals surface area contributed by atoms with E-state index >= 15 is 0 Å². The summed E-state index contributed by atoms with van der Waals surface area (Å²) in [5.41, 5.74) is 0. The van der Waals surface area contributed by atoms with Crippen molar-refractivity contribution in [3.8, 4) is 0 Å². The molecule has 0 aliphatic carbocycles. The molecule has 1 fully saturated rings. The number of nitrogens with zero attached hydrogens (tertiary/aromatic N) is 1. The van der Waals surface area contributed by atoms with E-state index in [2.05, 4.69) is 5.32 Å². The maximum Gasteiger partial charge on any atom is 0.249 e. The van der Waals surface area contributed by atoms with Crippen molar-refractivity contribution < 1.29 is 13.9 Å². The molecule has 1 aromatic heterocycles. The van der Waals surface area contributed by atoms with E-state index in [1.54, 1.807) is 4.90 Å². The average molecular weight is 224 g/mol. The van der Waals surface area contributed by atoms with Gasteiger partial charge in [0.2, 0.25) is 5.91 Å². The number of carbonyl (C=O) groups is 1. The number of ether oxygens (including phenoxy) is 1. The Morgan fingerprint density at radius 2 is 2.25 bits per heavy atom. The highest BCUT2D eigenvalue weighted by Crippen LogP contribution is 2.12. The minimum atomic E-state index is 0.0258. The van der Waals surface area contributed by atoms with Crippen molar-refractivity contribution in [2.45, 2.75) is 13.1 Å². The van der Waals surface area contributed by atoms with Crippen LogP contribution in [0.1, 0.15) is 11.5 Å². The summed E-state index contributed by atoms with van der Waals surface area (Å²) in [7, 11) is 1.87.